The van der Waals surface area contributed by atoms with Gasteiger partial charge in [-0.25, -0.2) is 4.98 Å². The first-order valence-corrected chi connectivity index (χ1v) is 9.11. The van der Waals surface area contributed by atoms with E-state index < -0.39 is 0 Å². The van der Waals surface area contributed by atoms with E-state index in [0.29, 0.717) is 11.1 Å². The molecule has 3 aromatic rings. The topological polar surface area (TPSA) is 29.8 Å². The van der Waals surface area contributed by atoms with Gasteiger partial charge in [0.15, 0.2) is 0 Å². The van der Waals surface area contributed by atoms with Crippen molar-refractivity contribution >= 4 is 17.1 Å². The lowest BCUT2D eigenvalue weighted by atomic mass is 9.99. The van der Waals surface area contributed by atoms with Crippen LogP contribution in [0, 0.1) is 5.92 Å². The summed E-state index contributed by atoms with van der Waals surface area (Å²) in [6, 6.07) is 12.2. The van der Waals surface area contributed by atoms with Crippen LogP contribution in [0.25, 0.3) is 16.6 Å². The molecular formula is C20H22ClN3O. The molecule has 25 heavy (non-hydrogen) atoms. The molecule has 1 aliphatic heterocycles. The van der Waals surface area contributed by atoms with Crippen molar-refractivity contribution < 1.29 is 4.74 Å². The molecule has 4 nitrogen and oxygen atoms in total. The third-order valence-corrected chi connectivity index (χ3v) is 5.27. The summed E-state index contributed by atoms with van der Waals surface area (Å²) < 4.78 is 8.13. The molecule has 4 rings (SSSR count). The highest BCUT2D eigenvalue weighted by molar-refractivity contribution is 6.32. The van der Waals surface area contributed by atoms with Crippen molar-refractivity contribution in [3.8, 4) is 16.9 Å². The summed E-state index contributed by atoms with van der Waals surface area (Å²) in [6.45, 7) is 3.00. The van der Waals surface area contributed by atoms with Crippen LogP contribution in [-0.4, -0.2) is 41.0 Å². The smallest absolute Gasteiger partial charge is 0.145 e. The Morgan fingerprint density at radius 2 is 2.12 bits per heavy atom. The highest BCUT2D eigenvalue weighted by Gasteiger charge is 2.19. The number of hydrogen-bond acceptors (Lipinski definition) is 3. The van der Waals surface area contributed by atoms with E-state index in [0.717, 1.165) is 35.5 Å². The monoisotopic (exact) mass is 355 g/mol. The average Bonchev–Trinajstić information content (AvgIpc) is 3.13. The summed E-state index contributed by atoms with van der Waals surface area (Å²) >= 11 is 6.62. The molecule has 0 bridgehead atoms. The highest BCUT2D eigenvalue weighted by Crippen LogP contribution is 2.35. The highest BCUT2D eigenvalue weighted by atomic mass is 35.5. The Hall–Kier alpha value is -2.04. The summed E-state index contributed by atoms with van der Waals surface area (Å²) in [7, 11) is 2.18. The standard InChI is InChI=1S/C20H22ClN3O/c1-23-9-5-6-15(12-23)13-25-19-10-17(16-7-3-2-4-8-16)20(21)24-14-22-11-18(19)24/h2-4,7-8,10-11,14-15H,5-6,9,12-13H2,1H3/t15-/m1/s1. The van der Waals surface area contributed by atoms with Crippen molar-refractivity contribution in [2.45, 2.75) is 12.8 Å². The van der Waals surface area contributed by atoms with Crippen molar-refractivity contribution in [2.24, 2.45) is 5.92 Å². The van der Waals surface area contributed by atoms with E-state index in [2.05, 4.69) is 29.1 Å². The van der Waals surface area contributed by atoms with E-state index in [4.69, 9.17) is 16.3 Å². The molecule has 1 saturated heterocycles. The zero-order valence-electron chi connectivity index (χ0n) is 14.4. The summed E-state index contributed by atoms with van der Waals surface area (Å²) in [4.78, 5) is 6.63. The molecule has 0 amide bonds. The number of likely N-dealkylation sites (tertiary alicyclic amines) is 1. The molecule has 1 atom stereocenters. The Morgan fingerprint density at radius 3 is 2.92 bits per heavy atom. The second kappa shape index (κ2) is 7.06. The first-order chi connectivity index (χ1) is 12.2. The Balaban J connectivity index is 1.66. The summed E-state index contributed by atoms with van der Waals surface area (Å²) in [5.74, 6) is 1.41. The maximum Gasteiger partial charge on any atom is 0.145 e. The van der Waals surface area contributed by atoms with E-state index in [-0.39, 0.29) is 0 Å². The fraction of sp³-hybridized carbons (Fsp3) is 0.350. The summed E-state index contributed by atoms with van der Waals surface area (Å²) in [6.07, 6.45) is 6.01. The largest absolute Gasteiger partial charge is 0.491 e. The summed E-state index contributed by atoms with van der Waals surface area (Å²) in [5, 5.41) is 0.656. The second-order valence-electron chi connectivity index (χ2n) is 6.81. The van der Waals surface area contributed by atoms with Crippen LogP contribution >= 0.6 is 11.6 Å². The molecule has 130 valence electrons. The molecule has 0 N–H and O–H groups in total. The van der Waals surface area contributed by atoms with Gasteiger partial charge in [-0.1, -0.05) is 41.9 Å². The van der Waals surface area contributed by atoms with Gasteiger partial charge >= 0.3 is 0 Å². The lowest BCUT2D eigenvalue weighted by molar-refractivity contribution is 0.151. The van der Waals surface area contributed by atoms with Crippen LogP contribution in [0.4, 0.5) is 0 Å². The van der Waals surface area contributed by atoms with Gasteiger partial charge in [-0.2, -0.15) is 0 Å². The predicted octanol–water partition coefficient (Wildman–Crippen LogP) is 4.38. The van der Waals surface area contributed by atoms with Crippen molar-refractivity contribution in [1.29, 1.82) is 0 Å². The van der Waals surface area contributed by atoms with Crippen LogP contribution in [0.15, 0.2) is 48.9 Å². The number of rotatable bonds is 4. The Morgan fingerprint density at radius 1 is 1.28 bits per heavy atom. The minimum atomic E-state index is 0.567. The van der Waals surface area contributed by atoms with Gasteiger partial charge in [0.2, 0.25) is 0 Å². The van der Waals surface area contributed by atoms with Gasteiger partial charge in [0.05, 0.1) is 12.8 Å². The molecule has 0 saturated carbocycles. The van der Waals surface area contributed by atoms with E-state index in [1.54, 1.807) is 6.33 Å². The van der Waals surface area contributed by atoms with E-state index in [9.17, 15) is 0 Å². The van der Waals surface area contributed by atoms with E-state index in [1.165, 1.54) is 19.4 Å². The zero-order chi connectivity index (χ0) is 17.2. The molecule has 3 heterocycles. The molecule has 0 spiro atoms. The minimum Gasteiger partial charge on any atom is -0.491 e. The van der Waals surface area contributed by atoms with Crippen molar-refractivity contribution in [3.63, 3.8) is 0 Å². The number of hydrogen-bond donors (Lipinski definition) is 0. The quantitative estimate of drug-likeness (QED) is 0.651. The Bertz CT molecular complexity index is 862. The third kappa shape index (κ3) is 3.37. The number of imidazole rings is 1. The predicted molar refractivity (Wildman–Crippen MR) is 101 cm³/mol. The van der Waals surface area contributed by atoms with Gasteiger partial charge in [-0.3, -0.25) is 4.40 Å². The van der Waals surface area contributed by atoms with Gasteiger partial charge in [0, 0.05) is 18.0 Å². The molecule has 5 heteroatoms. The normalized spacial score (nSPS) is 18.6. The van der Waals surface area contributed by atoms with Gasteiger partial charge in [-0.05, 0) is 38.1 Å². The fourth-order valence-electron chi connectivity index (χ4n) is 3.58. The average molecular weight is 356 g/mol. The van der Waals surface area contributed by atoms with E-state index in [1.807, 2.05) is 34.9 Å². The number of pyridine rings is 1. The second-order valence-corrected chi connectivity index (χ2v) is 7.17. The number of benzene rings is 1. The SMILES string of the molecule is CN1CCC[C@@H](COc2cc(-c3ccccc3)c(Cl)n3cncc23)C1. The number of fused-ring (bicyclic) bond motifs is 1. The van der Waals surface area contributed by atoms with Crippen molar-refractivity contribution in [3.05, 3.63) is 54.1 Å². The zero-order valence-corrected chi connectivity index (χ0v) is 15.1. The van der Waals surface area contributed by atoms with Crippen LogP contribution in [0.2, 0.25) is 5.15 Å². The van der Waals surface area contributed by atoms with Gasteiger partial charge in [0.1, 0.15) is 22.7 Å². The minimum absolute atomic E-state index is 0.567. The fourth-order valence-corrected chi connectivity index (χ4v) is 3.88. The molecule has 0 radical (unpaired) electrons. The molecule has 0 aliphatic carbocycles. The van der Waals surface area contributed by atoms with Gasteiger partial charge < -0.3 is 9.64 Å². The van der Waals surface area contributed by atoms with E-state index >= 15 is 0 Å². The summed E-state index contributed by atoms with van der Waals surface area (Å²) in [5.41, 5.74) is 2.95. The lowest BCUT2D eigenvalue weighted by Gasteiger charge is -2.29. The molecule has 0 unspecified atom stereocenters. The number of nitrogens with zero attached hydrogens (tertiary/aromatic N) is 3. The molecular weight excluding hydrogens is 334 g/mol. The molecule has 1 aromatic carbocycles. The molecule has 1 aliphatic rings. The number of ether oxygens (including phenoxy) is 1. The number of halogens is 1. The third-order valence-electron chi connectivity index (χ3n) is 4.88. The maximum absolute atomic E-state index is 6.62. The molecule has 1 fully saturated rings. The first-order valence-electron chi connectivity index (χ1n) is 8.73. The first kappa shape index (κ1) is 16.4. The van der Waals surface area contributed by atoms with Crippen LogP contribution in [0.1, 0.15) is 12.8 Å². The maximum atomic E-state index is 6.62. The van der Waals surface area contributed by atoms with Crippen LogP contribution in [0.3, 0.4) is 0 Å². The van der Waals surface area contributed by atoms with Gasteiger partial charge in [-0.15, -0.1) is 0 Å². The van der Waals surface area contributed by atoms with Gasteiger partial charge in [0.25, 0.3) is 0 Å². The lowest BCUT2D eigenvalue weighted by Crippen LogP contribution is -2.34. The number of aromatic nitrogens is 2. The van der Waals surface area contributed by atoms with Crippen LogP contribution in [0.5, 0.6) is 5.75 Å². The Labute approximate surface area is 153 Å². The van der Waals surface area contributed by atoms with Crippen LogP contribution < -0.4 is 4.74 Å². The number of piperidine rings is 1. The van der Waals surface area contributed by atoms with Crippen molar-refractivity contribution in [1.82, 2.24) is 14.3 Å². The Kier molecular flexibility index (Phi) is 4.64. The molecule has 2 aromatic heterocycles. The van der Waals surface area contributed by atoms with Crippen LogP contribution in [-0.2, 0) is 0 Å². The van der Waals surface area contributed by atoms with Crippen molar-refractivity contribution in [2.75, 3.05) is 26.7 Å².